The highest BCUT2D eigenvalue weighted by atomic mass is 16.6. The normalized spacial score (nSPS) is 12.7. The van der Waals surface area contributed by atoms with Gasteiger partial charge in [0.2, 0.25) is 0 Å². The molecular weight excluding hydrogens is 997 g/mol. The Labute approximate surface area is 502 Å². The zero-order valence-corrected chi connectivity index (χ0v) is 53.5. The molecule has 0 amide bonds. The molecule has 0 aromatic rings. The van der Waals surface area contributed by atoms with Crippen molar-refractivity contribution in [3.8, 4) is 0 Å². The van der Waals surface area contributed by atoms with Gasteiger partial charge in [-0.3, -0.25) is 14.4 Å². The van der Waals surface area contributed by atoms with Crippen LogP contribution in [0.5, 0.6) is 0 Å². The van der Waals surface area contributed by atoms with Gasteiger partial charge in [0.25, 0.3) is 0 Å². The molecule has 1 unspecified atom stereocenters. The third-order valence-electron chi connectivity index (χ3n) is 15.1. The largest absolute Gasteiger partial charge is 0.462 e. The van der Waals surface area contributed by atoms with Crippen LogP contribution in [0.2, 0.25) is 0 Å². The summed E-state index contributed by atoms with van der Waals surface area (Å²) in [5.74, 6) is -0.898. The van der Waals surface area contributed by atoms with Crippen LogP contribution in [0.4, 0.5) is 0 Å². The predicted octanol–water partition coefficient (Wildman–Crippen LogP) is 24.0. The van der Waals surface area contributed by atoms with E-state index in [1.54, 1.807) is 0 Å². The van der Waals surface area contributed by atoms with Crippen molar-refractivity contribution in [3.05, 3.63) is 97.2 Å². The second-order valence-corrected chi connectivity index (χ2v) is 23.1. The Bertz CT molecular complexity index is 1580. The van der Waals surface area contributed by atoms with E-state index in [0.717, 1.165) is 122 Å². The first-order valence-corrected chi connectivity index (χ1v) is 34.7. The third kappa shape index (κ3) is 67.0. The van der Waals surface area contributed by atoms with E-state index < -0.39 is 6.10 Å². The smallest absolute Gasteiger partial charge is 0.306 e. The van der Waals surface area contributed by atoms with Gasteiger partial charge in [-0.15, -0.1) is 0 Å². The van der Waals surface area contributed by atoms with E-state index in [-0.39, 0.29) is 31.1 Å². The third-order valence-corrected chi connectivity index (χ3v) is 15.1. The molecule has 0 spiro atoms. The van der Waals surface area contributed by atoms with Crippen molar-refractivity contribution in [1.29, 1.82) is 0 Å². The SMILES string of the molecule is CC/C=C\C/C=C\C/C=C\C/C=C\C/C=C\C/C=C\C/C=C\C/C=C\CCCCCCC(=O)OCC(COC(=O)CCCCCCCCCC)OC(=O)CCCCCCCCCCCCCCCCCCCCCCCCCCCC. The van der Waals surface area contributed by atoms with Gasteiger partial charge in [-0.1, -0.05) is 336 Å². The highest BCUT2D eigenvalue weighted by Crippen LogP contribution is 2.18. The zero-order valence-electron chi connectivity index (χ0n) is 53.5. The maximum Gasteiger partial charge on any atom is 0.306 e. The molecular formula is C75H130O6. The lowest BCUT2D eigenvalue weighted by atomic mass is 10.0. The molecule has 0 N–H and O–H groups in total. The number of rotatable bonds is 63. The standard InChI is InChI=1S/C75H130O6/c1-4-7-10-13-16-19-21-23-25-27-29-31-33-35-37-38-39-41-42-44-46-48-50-52-54-56-59-62-65-68-74(77)80-71-72(70-79-73(76)67-64-61-58-18-15-12-9-6-3)81-75(78)69-66-63-60-57-55-53-51-49-47-45-43-40-36-34-32-30-28-26-24-22-20-17-14-11-8-5-2/h7,10,16,19,23,25,29,31,35,37,39,41,44,46,50,52,72H,4-6,8-9,11-15,17-18,20-22,24,26-28,30,32-34,36,38,40,42-43,45,47-49,51,53-71H2,1-3H3/b10-7-,19-16-,25-23-,31-29-,37-35-,41-39-,46-44-,52-50-. The molecule has 0 saturated carbocycles. The van der Waals surface area contributed by atoms with Crippen LogP contribution < -0.4 is 0 Å². The Morgan fingerprint density at radius 3 is 0.753 bits per heavy atom. The summed E-state index contributed by atoms with van der Waals surface area (Å²) in [6.07, 6.45) is 93.1. The molecule has 0 heterocycles. The molecule has 0 aliphatic rings. The lowest BCUT2D eigenvalue weighted by Crippen LogP contribution is -2.30. The number of carbonyl (C=O) groups is 3. The Hall–Kier alpha value is -3.67. The molecule has 6 nitrogen and oxygen atoms in total. The van der Waals surface area contributed by atoms with Gasteiger partial charge in [0.1, 0.15) is 13.2 Å². The Morgan fingerprint density at radius 2 is 0.481 bits per heavy atom. The van der Waals surface area contributed by atoms with Crippen LogP contribution >= 0.6 is 0 Å². The number of unbranched alkanes of at least 4 members (excludes halogenated alkanes) is 36. The molecule has 0 aromatic heterocycles. The van der Waals surface area contributed by atoms with E-state index in [1.807, 2.05) is 0 Å². The lowest BCUT2D eigenvalue weighted by molar-refractivity contribution is -0.167. The van der Waals surface area contributed by atoms with Gasteiger partial charge in [0.05, 0.1) is 0 Å². The second kappa shape index (κ2) is 68.8. The Kier molecular flexibility index (Phi) is 65.7. The van der Waals surface area contributed by atoms with Gasteiger partial charge >= 0.3 is 17.9 Å². The van der Waals surface area contributed by atoms with E-state index in [1.165, 1.54) is 180 Å². The molecule has 0 aromatic carbocycles. The molecule has 1 atom stereocenters. The van der Waals surface area contributed by atoms with Gasteiger partial charge in [-0.25, -0.2) is 0 Å². The summed E-state index contributed by atoms with van der Waals surface area (Å²) in [5, 5.41) is 0. The van der Waals surface area contributed by atoms with Crippen LogP contribution in [0.15, 0.2) is 97.2 Å². The maximum atomic E-state index is 12.9. The highest BCUT2D eigenvalue weighted by Gasteiger charge is 2.19. The quantitative estimate of drug-likeness (QED) is 0.0261. The minimum Gasteiger partial charge on any atom is -0.462 e. The van der Waals surface area contributed by atoms with E-state index in [9.17, 15) is 14.4 Å². The molecule has 0 bridgehead atoms. The summed E-state index contributed by atoms with van der Waals surface area (Å²) < 4.78 is 16.9. The number of allylic oxidation sites excluding steroid dienone is 16. The number of hydrogen-bond donors (Lipinski definition) is 0. The molecule has 0 fully saturated rings. The summed E-state index contributed by atoms with van der Waals surface area (Å²) in [6, 6.07) is 0. The van der Waals surface area contributed by atoms with Gasteiger partial charge < -0.3 is 14.2 Å². The first-order chi connectivity index (χ1) is 40.0. The molecule has 0 aliphatic heterocycles. The van der Waals surface area contributed by atoms with E-state index in [2.05, 4.69) is 118 Å². The van der Waals surface area contributed by atoms with Crippen LogP contribution in [0.3, 0.4) is 0 Å². The first kappa shape index (κ1) is 77.3. The monoisotopic (exact) mass is 1130 g/mol. The fraction of sp³-hybridized carbons (Fsp3) is 0.747. The van der Waals surface area contributed by atoms with E-state index in [4.69, 9.17) is 14.2 Å². The molecule has 0 saturated heterocycles. The average molecular weight is 1130 g/mol. The fourth-order valence-corrected chi connectivity index (χ4v) is 9.93. The van der Waals surface area contributed by atoms with Gasteiger partial charge in [-0.05, 0) is 83.5 Å². The lowest BCUT2D eigenvalue weighted by Gasteiger charge is -2.18. The van der Waals surface area contributed by atoms with Crippen molar-refractivity contribution in [2.75, 3.05) is 13.2 Å². The zero-order chi connectivity index (χ0) is 58.5. The highest BCUT2D eigenvalue weighted by molar-refractivity contribution is 5.71. The Morgan fingerprint density at radius 1 is 0.259 bits per heavy atom. The van der Waals surface area contributed by atoms with Gasteiger partial charge in [0.15, 0.2) is 6.10 Å². The van der Waals surface area contributed by atoms with Gasteiger partial charge in [0, 0.05) is 19.3 Å². The Balaban J connectivity index is 4.19. The maximum absolute atomic E-state index is 12.9. The summed E-state index contributed by atoms with van der Waals surface area (Å²) in [5.41, 5.74) is 0. The van der Waals surface area contributed by atoms with Crippen LogP contribution in [0.25, 0.3) is 0 Å². The summed E-state index contributed by atoms with van der Waals surface area (Å²) in [4.78, 5) is 38.2. The van der Waals surface area contributed by atoms with Crippen molar-refractivity contribution < 1.29 is 28.6 Å². The number of esters is 3. The topological polar surface area (TPSA) is 78.9 Å². The van der Waals surface area contributed by atoms with Crippen LogP contribution in [0, 0.1) is 0 Å². The molecule has 0 rings (SSSR count). The first-order valence-electron chi connectivity index (χ1n) is 34.7. The number of ether oxygens (including phenoxy) is 3. The average Bonchev–Trinajstić information content (AvgIpc) is 3.47. The number of carbonyl (C=O) groups excluding carboxylic acids is 3. The van der Waals surface area contributed by atoms with Gasteiger partial charge in [-0.2, -0.15) is 0 Å². The summed E-state index contributed by atoms with van der Waals surface area (Å²) in [6.45, 7) is 6.52. The van der Waals surface area contributed by atoms with Crippen molar-refractivity contribution in [3.63, 3.8) is 0 Å². The van der Waals surface area contributed by atoms with Crippen molar-refractivity contribution in [2.24, 2.45) is 0 Å². The molecule has 466 valence electrons. The van der Waals surface area contributed by atoms with Crippen LogP contribution in [-0.4, -0.2) is 37.2 Å². The predicted molar refractivity (Wildman–Crippen MR) is 353 cm³/mol. The number of hydrogen-bond acceptors (Lipinski definition) is 6. The van der Waals surface area contributed by atoms with E-state index in [0.29, 0.717) is 19.3 Å². The second-order valence-electron chi connectivity index (χ2n) is 23.1. The molecule has 0 radical (unpaired) electrons. The molecule has 81 heavy (non-hydrogen) atoms. The van der Waals surface area contributed by atoms with Crippen molar-refractivity contribution >= 4 is 17.9 Å². The molecule has 6 heteroatoms. The minimum absolute atomic E-state index is 0.0822. The summed E-state index contributed by atoms with van der Waals surface area (Å²) in [7, 11) is 0. The molecule has 0 aliphatic carbocycles. The fourth-order valence-electron chi connectivity index (χ4n) is 9.93. The summed E-state index contributed by atoms with van der Waals surface area (Å²) >= 11 is 0. The van der Waals surface area contributed by atoms with Crippen LogP contribution in [-0.2, 0) is 28.6 Å². The van der Waals surface area contributed by atoms with Crippen molar-refractivity contribution in [1.82, 2.24) is 0 Å². The minimum atomic E-state index is -0.786. The van der Waals surface area contributed by atoms with Crippen molar-refractivity contribution in [2.45, 2.75) is 348 Å². The van der Waals surface area contributed by atoms with E-state index >= 15 is 0 Å². The van der Waals surface area contributed by atoms with Crippen LogP contribution in [0.1, 0.15) is 342 Å².